The highest BCUT2D eigenvalue weighted by molar-refractivity contribution is 5.71. The highest BCUT2D eigenvalue weighted by atomic mass is 16.6. The number of hydrogen-bond donors (Lipinski definition) is 1. The SMILES string of the molecule is CCOC(=O)COc1cc(OC)ccc1C(C)(O)c1cccc(OCc2nc(-c3ccccc3)oc2C)c1. The minimum Gasteiger partial charge on any atom is -0.497 e. The van der Waals surface area contributed by atoms with Gasteiger partial charge in [0, 0.05) is 17.2 Å². The average molecular weight is 518 g/mol. The van der Waals surface area contributed by atoms with Gasteiger partial charge in [-0.15, -0.1) is 0 Å². The summed E-state index contributed by atoms with van der Waals surface area (Å²) in [6.07, 6.45) is 0. The maximum absolute atomic E-state index is 11.9. The van der Waals surface area contributed by atoms with Crippen molar-refractivity contribution in [2.45, 2.75) is 33.0 Å². The minimum atomic E-state index is -1.47. The molecule has 0 aliphatic carbocycles. The molecule has 1 aromatic heterocycles. The van der Waals surface area contributed by atoms with Crippen molar-refractivity contribution < 1.29 is 33.3 Å². The van der Waals surface area contributed by atoms with E-state index in [0.717, 1.165) is 5.56 Å². The summed E-state index contributed by atoms with van der Waals surface area (Å²) in [6, 6.07) is 21.9. The molecule has 0 bridgehead atoms. The van der Waals surface area contributed by atoms with E-state index in [2.05, 4.69) is 4.98 Å². The molecule has 4 aromatic rings. The molecule has 8 heteroatoms. The van der Waals surface area contributed by atoms with Crippen LogP contribution in [0.25, 0.3) is 11.5 Å². The molecule has 0 aliphatic rings. The molecule has 0 aliphatic heterocycles. The molecule has 0 fully saturated rings. The van der Waals surface area contributed by atoms with E-state index in [1.54, 1.807) is 56.3 Å². The van der Waals surface area contributed by atoms with Gasteiger partial charge in [-0.05, 0) is 62.7 Å². The lowest BCUT2D eigenvalue weighted by Crippen LogP contribution is -2.25. The molecule has 0 radical (unpaired) electrons. The molecular formula is C30H31NO7. The van der Waals surface area contributed by atoms with Crippen molar-refractivity contribution >= 4 is 5.97 Å². The first-order valence-electron chi connectivity index (χ1n) is 12.3. The molecule has 38 heavy (non-hydrogen) atoms. The predicted molar refractivity (Wildman–Crippen MR) is 141 cm³/mol. The molecule has 0 spiro atoms. The molecule has 3 aromatic carbocycles. The van der Waals surface area contributed by atoms with Crippen molar-refractivity contribution in [3.63, 3.8) is 0 Å². The van der Waals surface area contributed by atoms with Gasteiger partial charge < -0.3 is 28.5 Å². The van der Waals surface area contributed by atoms with E-state index in [1.807, 2.05) is 37.3 Å². The van der Waals surface area contributed by atoms with Crippen LogP contribution < -0.4 is 14.2 Å². The molecular weight excluding hydrogens is 486 g/mol. The van der Waals surface area contributed by atoms with Gasteiger partial charge in [-0.1, -0.05) is 30.3 Å². The third-order valence-electron chi connectivity index (χ3n) is 6.05. The Morgan fingerprint density at radius 3 is 2.53 bits per heavy atom. The molecule has 0 saturated heterocycles. The number of aryl methyl sites for hydroxylation is 1. The van der Waals surface area contributed by atoms with Gasteiger partial charge in [0.05, 0.1) is 13.7 Å². The zero-order valence-electron chi connectivity index (χ0n) is 21.9. The van der Waals surface area contributed by atoms with Gasteiger partial charge in [0.15, 0.2) is 6.61 Å². The van der Waals surface area contributed by atoms with Crippen LogP contribution in [0, 0.1) is 6.92 Å². The third kappa shape index (κ3) is 6.15. The van der Waals surface area contributed by atoms with Crippen LogP contribution in [0.5, 0.6) is 17.2 Å². The number of aromatic nitrogens is 1. The quantitative estimate of drug-likeness (QED) is 0.263. The first-order chi connectivity index (χ1) is 18.3. The Morgan fingerprint density at radius 1 is 1.00 bits per heavy atom. The smallest absolute Gasteiger partial charge is 0.344 e. The molecule has 8 nitrogen and oxygen atoms in total. The van der Waals surface area contributed by atoms with Crippen LogP contribution in [0.4, 0.5) is 0 Å². The topological polar surface area (TPSA) is 100 Å². The highest BCUT2D eigenvalue weighted by Gasteiger charge is 2.30. The summed E-state index contributed by atoms with van der Waals surface area (Å²) in [5, 5.41) is 11.6. The second kappa shape index (κ2) is 11.8. The molecule has 198 valence electrons. The van der Waals surface area contributed by atoms with Crippen LogP contribution in [0.1, 0.15) is 36.4 Å². The van der Waals surface area contributed by atoms with Crippen LogP contribution in [-0.4, -0.2) is 36.4 Å². The van der Waals surface area contributed by atoms with Gasteiger partial charge in [0.25, 0.3) is 0 Å². The molecule has 4 rings (SSSR count). The summed E-state index contributed by atoms with van der Waals surface area (Å²) in [6.45, 7) is 5.37. The van der Waals surface area contributed by atoms with Crippen molar-refractivity contribution in [3.05, 3.63) is 95.4 Å². The summed E-state index contributed by atoms with van der Waals surface area (Å²) < 4.78 is 27.8. The van der Waals surface area contributed by atoms with Crippen molar-refractivity contribution in [2.75, 3.05) is 20.3 Å². The zero-order valence-corrected chi connectivity index (χ0v) is 21.9. The summed E-state index contributed by atoms with van der Waals surface area (Å²) >= 11 is 0. The van der Waals surface area contributed by atoms with E-state index in [-0.39, 0.29) is 19.8 Å². The van der Waals surface area contributed by atoms with Gasteiger partial charge >= 0.3 is 5.97 Å². The van der Waals surface area contributed by atoms with Crippen LogP contribution in [-0.2, 0) is 21.7 Å². The second-order valence-corrected chi connectivity index (χ2v) is 8.73. The fourth-order valence-corrected chi connectivity index (χ4v) is 3.95. The Hall–Kier alpha value is -4.30. The van der Waals surface area contributed by atoms with E-state index >= 15 is 0 Å². The largest absolute Gasteiger partial charge is 0.497 e. The Balaban J connectivity index is 1.54. The maximum atomic E-state index is 11.9. The van der Waals surface area contributed by atoms with Crippen LogP contribution in [0.3, 0.4) is 0 Å². The third-order valence-corrected chi connectivity index (χ3v) is 6.05. The van der Waals surface area contributed by atoms with Gasteiger partial charge in [0.1, 0.15) is 40.9 Å². The second-order valence-electron chi connectivity index (χ2n) is 8.73. The van der Waals surface area contributed by atoms with E-state index in [1.165, 1.54) is 7.11 Å². The Kier molecular flexibility index (Phi) is 8.33. The van der Waals surface area contributed by atoms with Crippen molar-refractivity contribution in [2.24, 2.45) is 0 Å². The fraction of sp³-hybridized carbons (Fsp3) is 0.267. The van der Waals surface area contributed by atoms with Crippen molar-refractivity contribution in [1.82, 2.24) is 4.98 Å². The number of carbonyl (C=O) groups is 1. The average Bonchev–Trinajstić information content (AvgIpc) is 3.31. The number of ether oxygens (including phenoxy) is 4. The molecule has 0 saturated carbocycles. The number of hydrogen-bond acceptors (Lipinski definition) is 8. The normalized spacial score (nSPS) is 12.4. The zero-order chi connectivity index (χ0) is 27.1. The predicted octanol–water partition coefficient (Wildman–Crippen LogP) is 5.44. The molecule has 1 N–H and O–H groups in total. The van der Waals surface area contributed by atoms with E-state index < -0.39 is 11.6 Å². The lowest BCUT2D eigenvalue weighted by atomic mass is 9.87. The summed E-state index contributed by atoms with van der Waals surface area (Å²) in [5.74, 6) is 2.09. The number of aliphatic hydroxyl groups is 1. The number of nitrogens with zero attached hydrogens (tertiary/aromatic N) is 1. The Labute approximate surface area is 221 Å². The number of benzene rings is 3. The number of rotatable bonds is 11. The monoisotopic (exact) mass is 517 g/mol. The summed E-state index contributed by atoms with van der Waals surface area (Å²) in [5.41, 5.74) is 1.13. The highest BCUT2D eigenvalue weighted by Crippen LogP contribution is 2.38. The van der Waals surface area contributed by atoms with Gasteiger partial charge in [-0.2, -0.15) is 0 Å². The first kappa shape index (κ1) is 26.8. The van der Waals surface area contributed by atoms with Crippen molar-refractivity contribution in [3.8, 4) is 28.7 Å². The van der Waals surface area contributed by atoms with Crippen LogP contribution in [0.2, 0.25) is 0 Å². The first-order valence-corrected chi connectivity index (χ1v) is 12.3. The van der Waals surface area contributed by atoms with Crippen LogP contribution >= 0.6 is 0 Å². The Bertz CT molecular complexity index is 1380. The van der Waals surface area contributed by atoms with E-state index in [4.69, 9.17) is 23.4 Å². The molecule has 1 heterocycles. The minimum absolute atomic E-state index is 0.199. The number of carbonyl (C=O) groups excluding carboxylic acids is 1. The van der Waals surface area contributed by atoms with Gasteiger partial charge in [-0.3, -0.25) is 0 Å². The molecule has 1 atom stereocenters. The van der Waals surface area contributed by atoms with Crippen LogP contribution in [0.15, 0.2) is 77.2 Å². The molecule has 1 unspecified atom stereocenters. The summed E-state index contributed by atoms with van der Waals surface area (Å²) in [4.78, 5) is 16.5. The standard InChI is InChI=1S/C30H31NO7/c1-5-35-28(32)19-37-27-17-23(34-4)14-15-25(27)30(3,33)22-12-9-13-24(16-22)36-18-26-20(2)38-29(31-26)21-10-7-6-8-11-21/h6-17,33H,5,18-19H2,1-4H3. The number of oxazole rings is 1. The van der Waals surface area contributed by atoms with Gasteiger partial charge in [-0.25, -0.2) is 9.78 Å². The Morgan fingerprint density at radius 2 is 1.79 bits per heavy atom. The number of methoxy groups -OCH3 is 1. The maximum Gasteiger partial charge on any atom is 0.344 e. The summed E-state index contributed by atoms with van der Waals surface area (Å²) in [7, 11) is 1.53. The number of esters is 1. The van der Waals surface area contributed by atoms with Crippen molar-refractivity contribution in [1.29, 1.82) is 0 Å². The van der Waals surface area contributed by atoms with Gasteiger partial charge in [0.2, 0.25) is 5.89 Å². The lowest BCUT2D eigenvalue weighted by molar-refractivity contribution is -0.145. The molecule has 0 amide bonds. The van der Waals surface area contributed by atoms with E-state index in [0.29, 0.717) is 45.7 Å². The fourth-order valence-electron chi connectivity index (χ4n) is 3.95. The lowest BCUT2D eigenvalue weighted by Gasteiger charge is -2.27. The van der Waals surface area contributed by atoms with E-state index in [9.17, 15) is 9.90 Å².